The average molecular weight is 321 g/mol. The van der Waals surface area contributed by atoms with Gasteiger partial charge >= 0.3 is 0 Å². The molecule has 1 unspecified atom stereocenters. The van der Waals surface area contributed by atoms with Crippen molar-refractivity contribution in [3.8, 4) is 11.4 Å². The number of aromatic amines is 1. The van der Waals surface area contributed by atoms with E-state index in [9.17, 15) is 0 Å². The second-order valence-corrected chi connectivity index (χ2v) is 6.73. The Morgan fingerprint density at radius 2 is 1.79 bits per heavy atom. The Kier molecular flexibility index (Phi) is 4.40. The second kappa shape index (κ2) is 6.99. The monoisotopic (exact) mass is 321 g/mol. The van der Waals surface area contributed by atoms with Crippen molar-refractivity contribution in [1.29, 1.82) is 0 Å². The van der Waals surface area contributed by atoms with E-state index in [1.54, 1.807) is 0 Å². The minimum atomic E-state index is 0.380. The summed E-state index contributed by atoms with van der Waals surface area (Å²) in [7, 11) is 0. The highest BCUT2D eigenvalue weighted by Crippen LogP contribution is 2.28. The highest BCUT2D eigenvalue weighted by Gasteiger charge is 2.19. The molecule has 0 amide bonds. The Bertz CT molecular complexity index is 709. The molecular formula is C19H23N5. The quantitative estimate of drug-likeness (QED) is 0.900. The summed E-state index contributed by atoms with van der Waals surface area (Å²) in [6.07, 6.45) is 13.8. The lowest BCUT2D eigenvalue weighted by atomic mass is 9.85. The third-order valence-corrected chi connectivity index (χ3v) is 5.01. The Balaban J connectivity index is 1.38. The fourth-order valence-electron chi connectivity index (χ4n) is 3.65. The van der Waals surface area contributed by atoms with E-state index >= 15 is 0 Å². The van der Waals surface area contributed by atoms with Crippen LogP contribution >= 0.6 is 0 Å². The first-order valence-corrected chi connectivity index (χ1v) is 8.85. The predicted molar refractivity (Wildman–Crippen MR) is 96.4 cm³/mol. The van der Waals surface area contributed by atoms with E-state index in [4.69, 9.17) is 0 Å². The Hall–Kier alpha value is -2.43. The lowest BCUT2D eigenvalue weighted by molar-refractivity contribution is 0.327. The molecule has 0 bridgehead atoms. The van der Waals surface area contributed by atoms with Crippen LogP contribution in [0.25, 0.3) is 17.1 Å². The smallest absolute Gasteiger partial charge is 0.155 e. The minimum absolute atomic E-state index is 0.380. The van der Waals surface area contributed by atoms with Gasteiger partial charge in [0, 0.05) is 23.5 Å². The minimum Gasteiger partial charge on any atom is -0.381 e. The molecule has 1 aliphatic carbocycles. The summed E-state index contributed by atoms with van der Waals surface area (Å²) in [4.78, 5) is 8.85. The number of aliphatic imine (C=N–C) groups is 1. The van der Waals surface area contributed by atoms with Crippen LogP contribution < -0.4 is 5.32 Å². The van der Waals surface area contributed by atoms with Crippen LogP contribution in [0.1, 0.15) is 44.1 Å². The van der Waals surface area contributed by atoms with Gasteiger partial charge in [0.1, 0.15) is 6.33 Å². The normalized spacial score (nSPS) is 21.3. The summed E-state index contributed by atoms with van der Waals surface area (Å²) in [6.45, 7) is 0. The summed E-state index contributed by atoms with van der Waals surface area (Å²) in [5, 5.41) is 10.3. The van der Waals surface area contributed by atoms with Crippen LogP contribution in [0.4, 0.5) is 0 Å². The van der Waals surface area contributed by atoms with Crippen molar-refractivity contribution in [3.05, 3.63) is 42.4 Å². The highest BCUT2D eigenvalue weighted by atomic mass is 15.2. The largest absolute Gasteiger partial charge is 0.381 e. The maximum absolute atomic E-state index is 4.68. The van der Waals surface area contributed by atoms with Crippen molar-refractivity contribution in [3.63, 3.8) is 0 Å². The van der Waals surface area contributed by atoms with E-state index in [1.807, 2.05) is 12.1 Å². The van der Waals surface area contributed by atoms with Crippen molar-refractivity contribution in [2.24, 2.45) is 10.9 Å². The summed E-state index contributed by atoms with van der Waals surface area (Å²) >= 11 is 0. The van der Waals surface area contributed by atoms with Gasteiger partial charge in [-0.15, -0.1) is 0 Å². The van der Waals surface area contributed by atoms with Crippen LogP contribution in [-0.4, -0.2) is 27.4 Å². The van der Waals surface area contributed by atoms with Crippen molar-refractivity contribution in [2.45, 2.75) is 44.6 Å². The van der Waals surface area contributed by atoms with Crippen LogP contribution in [0.2, 0.25) is 0 Å². The first kappa shape index (κ1) is 15.1. The molecule has 4 rings (SSSR count). The Morgan fingerprint density at radius 3 is 2.46 bits per heavy atom. The molecule has 1 aromatic carbocycles. The Labute approximate surface area is 142 Å². The van der Waals surface area contributed by atoms with E-state index in [1.165, 1.54) is 44.9 Å². The van der Waals surface area contributed by atoms with Gasteiger partial charge < -0.3 is 5.32 Å². The van der Waals surface area contributed by atoms with Crippen molar-refractivity contribution >= 4 is 11.9 Å². The zero-order chi connectivity index (χ0) is 16.2. The summed E-state index contributed by atoms with van der Waals surface area (Å²) in [6, 6.07) is 8.61. The number of benzene rings is 1. The van der Waals surface area contributed by atoms with Crippen LogP contribution in [0.5, 0.6) is 0 Å². The van der Waals surface area contributed by atoms with Crippen LogP contribution in [0.15, 0.2) is 41.8 Å². The van der Waals surface area contributed by atoms with Crippen molar-refractivity contribution < 1.29 is 0 Å². The lowest BCUT2D eigenvalue weighted by Gasteiger charge is -2.26. The van der Waals surface area contributed by atoms with Crippen LogP contribution in [0.3, 0.4) is 0 Å². The van der Waals surface area contributed by atoms with E-state index in [-0.39, 0.29) is 0 Å². The molecule has 5 heteroatoms. The van der Waals surface area contributed by atoms with Gasteiger partial charge in [0.05, 0.1) is 11.7 Å². The summed E-state index contributed by atoms with van der Waals surface area (Å²) < 4.78 is 0. The molecule has 0 saturated heterocycles. The third kappa shape index (κ3) is 3.40. The van der Waals surface area contributed by atoms with Gasteiger partial charge in [0.2, 0.25) is 0 Å². The maximum Gasteiger partial charge on any atom is 0.155 e. The number of hydrogen-bond donors (Lipinski definition) is 2. The number of H-pyrrole nitrogens is 1. The number of rotatable bonds is 4. The molecular weight excluding hydrogens is 298 g/mol. The molecule has 2 heterocycles. The third-order valence-electron chi connectivity index (χ3n) is 5.01. The van der Waals surface area contributed by atoms with Gasteiger partial charge in [0.25, 0.3) is 0 Å². The fraction of sp³-hybridized carbons (Fsp3) is 0.421. The molecule has 2 aliphatic rings. The topological polar surface area (TPSA) is 66.0 Å². The van der Waals surface area contributed by atoms with Gasteiger partial charge in [-0.25, -0.2) is 4.98 Å². The zero-order valence-corrected chi connectivity index (χ0v) is 13.8. The predicted octanol–water partition coefficient (Wildman–Crippen LogP) is 3.78. The number of hydrogen-bond acceptors (Lipinski definition) is 4. The summed E-state index contributed by atoms with van der Waals surface area (Å²) in [5.41, 5.74) is 3.12. The molecule has 2 aromatic rings. The summed E-state index contributed by atoms with van der Waals surface area (Å²) in [5.74, 6) is 1.65. The number of nitrogens with zero attached hydrogens (tertiary/aromatic N) is 3. The Morgan fingerprint density at radius 1 is 1.00 bits per heavy atom. The molecule has 1 fully saturated rings. The SMILES string of the molecule is C1=NC(c2ccc(-c3ncn[nH]3)cc2)=CNC1CC1CCCCC1. The van der Waals surface area contributed by atoms with Gasteiger partial charge in [-0.2, -0.15) is 5.10 Å². The number of aromatic nitrogens is 3. The second-order valence-electron chi connectivity index (χ2n) is 6.73. The molecule has 1 aromatic heterocycles. The molecule has 1 aliphatic heterocycles. The molecule has 1 saturated carbocycles. The van der Waals surface area contributed by atoms with Crippen molar-refractivity contribution in [2.75, 3.05) is 0 Å². The first-order valence-electron chi connectivity index (χ1n) is 8.85. The van der Waals surface area contributed by atoms with Gasteiger partial charge in [0.15, 0.2) is 5.82 Å². The first-order chi connectivity index (χ1) is 11.9. The van der Waals surface area contributed by atoms with E-state index in [2.05, 4.69) is 50.0 Å². The standard InChI is InChI=1S/C19H23N5/c1-2-4-14(5-3-1)10-17-11-21-18(12-20-17)15-6-8-16(9-7-15)19-22-13-23-24-19/h6-9,11-14,17,20H,1-5,10H2,(H,22,23,24). The molecule has 5 nitrogen and oxygen atoms in total. The molecule has 2 N–H and O–H groups in total. The number of nitrogens with one attached hydrogen (secondary N) is 2. The van der Waals surface area contributed by atoms with Crippen LogP contribution in [-0.2, 0) is 0 Å². The molecule has 1 atom stereocenters. The van der Waals surface area contributed by atoms with E-state index in [0.29, 0.717) is 6.04 Å². The van der Waals surface area contributed by atoms with E-state index < -0.39 is 0 Å². The average Bonchev–Trinajstić information content (AvgIpc) is 3.18. The van der Waals surface area contributed by atoms with Gasteiger partial charge in [-0.1, -0.05) is 56.4 Å². The zero-order valence-electron chi connectivity index (χ0n) is 13.8. The fourth-order valence-corrected chi connectivity index (χ4v) is 3.65. The van der Waals surface area contributed by atoms with Gasteiger partial charge in [-0.3, -0.25) is 10.1 Å². The highest BCUT2D eigenvalue weighted by molar-refractivity contribution is 5.79. The van der Waals surface area contributed by atoms with Gasteiger partial charge in [-0.05, 0) is 12.3 Å². The lowest BCUT2D eigenvalue weighted by Crippen LogP contribution is -2.31. The molecule has 124 valence electrons. The van der Waals surface area contributed by atoms with E-state index in [0.717, 1.165) is 28.6 Å². The maximum atomic E-state index is 4.68. The molecule has 24 heavy (non-hydrogen) atoms. The molecule has 0 radical (unpaired) electrons. The van der Waals surface area contributed by atoms with Crippen LogP contribution in [0, 0.1) is 5.92 Å². The molecule has 0 spiro atoms. The van der Waals surface area contributed by atoms with Crippen molar-refractivity contribution in [1.82, 2.24) is 20.5 Å².